The zero-order valence-electron chi connectivity index (χ0n) is 9.97. The molecular formula is C13H17FN2. The largest absolute Gasteiger partial charge is 0.382 e. The first-order valence-corrected chi connectivity index (χ1v) is 5.55. The highest BCUT2D eigenvalue weighted by Gasteiger charge is 2.09. The molecular weight excluding hydrogens is 203 g/mol. The van der Waals surface area contributed by atoms with Gasteiger partial charge in [0.2, 0.25) is 0 Å². The molecule has 0 amide bonds. The van der Waals surface area contributed by atoms with Crippen LogP contribution in [0.1, 0.15) is 37.8 Å². The molecule has 1 rings (SSSR count). The van der Waals surface area contributed by atoms with E-state index in [4.69, 9.17) is 5.26 Å². The lowest BCUT2D eigenvalue weighted by Gasteiger charge is -2.16. The number of halogens is 1. The predicted octanol–water partition coefficient (Wildman–Crippen LogP) is 3.61. The molecule has 3 heteroatoms. The molecule has 0 heterocycles. The highest BCUT2D eigenvalue weighted by atomic mass is 19.1. The van der Waals surface area contributed by atoms with E-state index in [-0.39, 0.29) is 11.9 Å². The molecule has 0 aliphatic rings. The molecule has 0 saturated heterocycles. The minimum Gasteiger partial charge on any atom is -0.382 e. The Kier molecular flexibility index (Phi) is 4.30. The summed E-state index contributed by atoms with van der Waals surface area (Å²) in [5.41, 5.74) is 1.65. The second-order valence-electron chi connectivity index (χ2n) is 4.08. The Labute approximate surface area is 96.1 Å². The van der Waals surface area contributed by atoms with Crippen LogP contribution < -0.4 is 5.32 Å². The summed E-state index contributed by atoms with van der Waals surface area (Å²) in [6, 6.07) is 5.22. The summed E-state index contributed by atoms with van der Waals surface area (Å²) in [4.78, 5) is 0. The highest BCUT2D eigenvalue weighted by Crippen LogP contribution is 2.21. The molecule has 1 unspecified atom stereocenters. The second kappa shape index (κ2) is 5.50. The zero-order chi connectivity index (χ0) is 12.1. The Morgan fingerprint density at radius 3 is 2.75 bits per heavy atom. The van der Waals surface area contributed by atoms with Gasteiger partial charge in [-0.1, -0.05) is 13.3 Å². The first-order valence-electron chi connectivity index (χ1n) is 5.55. The van der Waals surface area contributed by atoms with E-state index in [1.807, 2.05) is 6.07 Å². The zero-order valence-corrected chi connectivity index (χ0v) is 9.97. The number of anilines is 1. The van der Waals surface area contributed by atoms with E-state index in [1.165, 1.54) is 6.07 Å². The van der Waals surface area contributed by atoms with Crippen LogP contribution in [-0.4, -0.2) is 6.04 Å². The van der Waals surface area contributed by atoms with Gasteiger partial charge in [-0.05, 0) is 32.4 Å². The van der Waals surface area contributed by atoms with Crippen molar-refractivity contribution in [1.82, 2.24) is 0 Å². The Bertz CT molecular complexity index is 407. The Hall–Kier alpha value is -1.56. The van der Waals surface area contributed by atoms with E-state index >= 15 is 0 Å². The molecule has 0 bridgehead atoms. The van der Waals surface area contributed by atoms with Crippen molar-refractivity contribution in [3.8, 4) is 6.07 Å². The number of hydrogen-bond acceptors (Lipinski definition) is 2. The van der Waals surface area contributed by atoms with Crippen LogP contribution in [0.2, 0.25) is 0 Å². The third kappa shape index (κ3) is 2.96. The van der Waals surface area contributed by atoms with Crippen molar-refractivity contribution in [3.05, 3.63) is 29.1 Å². The Morgan fingerprint density at radius 2 is 2.19 bits per heavy atom. The normalized spacial score (nSPS) is 11.9. The van der Waals surface area contributed by atoms with Gasteiger partial charge in [0.15, 0.2) is 0 Å². The summed E-state index contributed by atoms with van der Waals surface area (Å²) < 4.78 is 13.5. The average molecular weight is 220 g/mol. The maximum atomic E-state index is 13.5. The minimum absolute atomic E-state index is 0.289. The number of nitrogens with one attached hydrogen (secondary N) is 1. The number of nitrogens with zero attached hydrogens (tertiary/aromatic N) is 1. The Balaban J connectivity index is 2.95. The second-order valence-corrected chi connectivity index (χ2v) is 4.08. The number of benzene rings is 1. The van der Waals surface area contributed by atoms with E-state index in [2.05, 4.69) is 19.2 Å². The first-order chi connectivity index (χ1) is 7.58. The molecule has 0 aliphatic carbocycles. The van der Waals surface area contributed by atoms with E-state index in [0.29, 0.717) is 11.1 Å². The minimum atomic E-state index is -0.328. The van der Waals surface area contributed by atoms with Crippen molar-refractivity contribution >= 4 is 5.69 Å². The predicted molar refractivity (Wildman–Crippen MR) is 63.8 cm³/mol. The smallest absolute Gasteiger partial charge is 0.129 e. The van der Waals surface area contributed by atoms with Crippen molar-refractivity contribution in [2.75, 3.05) is 5.32 Å². The van der Waals surface area contributed by atoms with Gasteiger partial charge >= 0.3 is 0 Å². The quantitative estimate of drug-likeness (QED) is 0.841. The molecule has 1 aromatic carbocycles. The summed E-state index contributed by atoms with van der Waals surface area (Å²) in [6.07, 6.45) is 2.10. The summed E-state index contributed by atoms with van der Waals surface area (Å²) in [5.74, 6) is -0.328. The van der Waals surface area contributed by atoms with Gasteiger partial charge in [0.25, 0.3) is 0 Å². The summed E-state index contributed by atoms with van der Waals surface area (Å²) in [7, 11) is 0. The van der Waals surface area contributed by atoms with E-state index in [0.717, 1.165) is 18.5 Å². The van der Waals surface area contributed by atoms with Gasteiger partial charge in [-0.15, -0.1) is 0 Å². The fourth-order valence-corrected chi connectivity index (χ4v) is 1.66. The van der Waals surface area contributed by atoms with Crippen molar-refractivity contribution in [2.24, 2.45) is 0 Å². The van der Waals surface area contributed by atoms with Gasteiger partial charge in [-0.25, -0.2) is 4.39 Å². The van der Waals surface area contributed by atoms with Crippen molar-refractivity contribution in [1.29, 1.82) is 5.26 Å². The molecule has 1 aromatic rings. The first kappa shape index (κ1) is 12.5. The van der Waals surface area contributed by atoms with E-state index < -0.39 is 0 Å². The summed E-state index contributed by atoms with van der Waals surface area (Å²) in [5, 5.41) is 12.0. The standard InChI is InChI=1S/C13H17FN2/c1-4-5-9(2)16-13-7-11(8-15)6-12(14)10(13)3/h6-7,9,16H,4-5H2,1-3H3. The average Bonchev–Trinajstić information content (AvgIpc) is 2.24. The topological polar surface area (TPSA) is 35.8 Å². The molecule has 0 spiro atoms. The van der Waals surface area contributed by atoms with Gasteiger partial charge in [0.1, 0.15) is 5.82 Å². The van der Waals surface area contributed by atoms with Crippen molar-refractivity contribution in [2.45, 2.75) is 39.7 Å². The van der Waals surface area contributed by atoms with Crippen LogP contribution in [0.3, 0.4) is 0 Å². The SMILES string of the molecule is CCCC(C)Nc1cc(C#N)cc(F)c1C. The number of nitriles is 1. The monoisotopic (exact) mass is 220 g/mol. The van der Waals surface area contributed by atoms with E-state index in [1.54, 1.807) is 13.0 Å². The molecule has 86 valence electrons. The van der Waals surface area contributed by atoms with Crippen LogP contribution in [0.4, 0.5) is 10.1 Å². The number of rotatable bonds is 4. The highest BCUT2D eigenvalue weighted by molar-refractivity contribution is 5.56. The maximum Gasteiger partial charge on any atom is 0.129 e. The maximum absolute atomic E-state index is 13.5. The van der Waals surface area contributed by atoms with Crippen molar-refractivity contribution < 1.29 is 4.39 Å². The fraction of sp³-hybridized carbons (Fsp3) is 0.462. The van der Waals surface area contributed by atoms with Gasteiger partial charge in [-0.3, -0.25) is 0 Å². The van der Waals surface area contributed by atoms with Gasteiger partial charge in [0.05, 0.1) is 11.6 Å². The van der Waals surface area contributed by atoms with Gasteiger partial charge < -0.3 is 5.32 Å². The molecule has 0 aliphatic heterocycles. The third-order valence-electron chi connectivity index (χ3n) is 2.60. The summed E-state index contributed by atoms with van der Waals surface area (Å²) in [6.45, 7) is 5.88. The van der Waals surface area contributed by atoms with Crippen LogP contribution in [0, 0.1) is 24.1 Å². The van der Waals surface area contributed by atoms with Crippen LogP contribution in [0.5, 0.6) is 0 Å². The molecule has 2 nitrogen and oxygen atoms in total. The molecule has 0 saturated carbocycles. The number of hydrogen-bond donors (Lipinski definition) is 1. The van der Waals surface area contributed by atoms with Crippen LogP contribution in [0.25, 0.3) is 0 Å². The van der Waals surface area contributed by atoms with Crippen LogP contribution in [-0.2, 0) is 0 Å². The Morgan fingerprint density at radius 1 is 1.50 bits per heavy atom. The van der Waals surface area contributed by atoms with Crippen LogP contribution >= 0.6 is 0 Å². The molecule has 1 N–H and O–H groups in total. The van der Waals surface area contributed by atoms with E-state index in [9.17, 15) is 4.39 Å². The van der Waals surface area contributed by atoms with Gasteiger partial charge in [-0.2, -0.15) is 5.26 Å². The van der Waals surface area contributed by atoms with Gasteiger partial charge in [0, 0.05) is 17.3 Å². The van der Waals surface area contributed by atoms with Crippen molar-refractivity contribution in [3.63, 3.8) is 0 Å². The lowest BCUT2D eigenvalue weighted by atomic mass is 10.1. The lowest BCUT2D eigenvalue weighted by molar-refractivity contribution is 0.617. The molecule has 1 atom stereocenters. The molecule has 16 heavy (non-hydrogen) atoms. The lowest BCUT2D eigenvalue weighted by Crippen LogP contribution is -2.15. The third-order valence-corrected chi connectivity index (χ3v) is 2.60. The summed E-state index contributed by atoms with van der Waals surface area (Å²) >= 11 is 0. The van der Waals surface area contributed by atoms with Crippen LogP contribution in [0.15, 0.2) is 12.1 Å². The molecule has 0 aromatic heterocycles. The fourth-order valence-electron chi connectivity index (χ4n) is 1.66. The molecule has 0 radical (unpaired) electrons. The molecule has 0 fully saturated rings.